The number of amides is 1. The van der Waals surface area contributed by atoms with Crippen molar-refractivity contribution in [3.63, 3.8) is 0 Å². The van der Waals surface area contributed by atoms with Crippen LogP contribution >= 0.6 is 0 Å². The van der Waals surface area contributed by atoms with Crippen LogP contribution in [0.4, 0.5) is 0 Å². The van der Waals surface area contributed by atoms with Crippen LogP contribution in [0.5, 0.6) is 0 Å². The first-order valence-corrected chi connectivity index (χ1v) is 8.80. The highest BCUT2D eigenvalue weighted by atomic mass is 16.6. The maximum atomic E-state index is 11.5. The highest BCUT2D eigenvalue weighted by molar-refractivity contribution is 5.76. The van der Waals surface area contributed by atoms with Gasteiger partial charge in [-0.15, -0.1) is 18.9 Å². The molecular weight excluding hydrogens is 314 g/mol. The molecule has 148 valence electrons. The summed E-state index contributed by atoms with van der Waals surface area (Å²) in [7, 11) is 0. The van der Waals surface area contributed by atoms with E-state index in [1.54, 1.807) is 6.92 Å². The summed E-state index contributed by atoms with van der Waals surface area (Å²) in [6, 6.07) is 0. The zero-order valence-corrected chi connectivity index (χ0v) is 18.2. The quantitative estimate of drug-likeness (QED) is 0.505. The molecule has 0 saturated carbocycles. The van der Waals surface area contributed by atoms with Crippen LogP contribution in [0.15, 0.2) is 12.2 Å². The Kier molecular flexibility index (Phi) is 17.1. The van der Waals surface area contributed by atoms with E-state index in [4.69, 9.17) is 9.47 Å². The number of carbonyl (C=O) groups excluding carboxylic acids is 1. The Hall–Kier alpha value is -1.31. The van der Waals surface area contributed by atoms with Gasteiger partial charge in [0.25, 0.3) is 0 Å². The Morgan fingerprint density at radius 2 is 1.60 bits per heavy atom. The van der Waals surface area contributed by atoms with Crippen molar-refractivity contribution in [3.05, 3.63) is 12.2 Å². The van der Waals surface area contributed by atoms with E-state index in [1.807, 2.05) is 62.3 Å². The smallest absolute Gasteiger partial charge is 0.222 e. The molecule has 0 heterocycles. The molecule has 0 radical (unpaired) electrons. The van der Waals surface area contributed by atoms with Crippen LogP contribution < -0.4 is 5.32 Å². The van der Waals surface area contributed by atoms with E-state index in [-0.39, 0.29) is 17.6 Å². The van der Waals surface area contributed by atoms with Crippen molar-refractivity contribution in [1.29, 1.82) is 0 Å². The third-order valence-corrected chi connectivity index (χ3v) is 2.33. The van der Waals surface area contributed by atoms with Crippen molar-refractivity contribution in [2.45, 2.75) is 93.0 Å². The summed E-state index contributed by atoms with van der Waals surface area (Å²) < 4.78 is 11.6. The minimum absolute atomic E-state index is 0.0186. The van der Waals surface area contributed by atoms with Crippen molar-refractivity contribution >= 4 is 5.91 Å². The lowest BCUT2D eigenvalue weighted by atomic mass is 10.0. The minimum Gasteiger partial charge on any atom is -0.372 e. The van der Waals surface area contributed by atoms with Gasteiger partial charge in [0.05, 0.1) is 30.3 Å². The first-order valence-electron chi connectivity index (χ1n) is 8.80. The lowest BCUT2D eigenvalue weighted by Gasteiger charge is -2.33. The summed E-state index contributed by atoms with van der Waals surface area (Å²) in [5, 5.41) is 2.78. The highest BCUT2D eigenvalue weighted by Crippen LogP contribution is 2.20. The van der Waals surface area contributed by atoms with Gasteiger partial charge in [-0.1, -0.05) is 5.57 Å². The lowest BCUT2D eigenvalue weighted by molar-refractivity contribution is -0.147. The average Bonchev–Trinajstić information content (AvgIpc) is 2.35. The number of hydrogen-bond acceptors (Lipinski definition) is 3. The Labute approximate surface area is 156 Å². The fraction of sp³-hybridized carbons (Fsp3) is 0.762. The van der Waals surface area contributed by atoms with Crippen LogP contribution in [-0.4, -0.2) is 36.4 Å². The van der Waals surface area contributed by atoms with E-state index < -0.39 is 5.60 Å². The molecule has 0 rings (SSSR count). The fourth-order valence-corrected chi connectivity index (χ4v) is 1.74. The molecule has 4 heteroatoms. The number of nitrogens with one attached hydrogen (secondary N) is 1. The Balaban J connectivity index is -0.000000586. The molecule has 4 nitrogen and oxygen atoms in total. The molecular formula is C21H41NO3. The second-order valence-electron chi connectivity index (χ2n) is 7.60. The van der Waals surface area contributed by atoms with Crippen LogP contribution in [0.1, 0.15) is 75.7 Å². The summed E-state index contributed by atoms with van der Waals surface area (Å²) in [5.74, 6) is 2.27. The molecule has 0 fully saturated rings. The van der Waals surface area contributed by atoms with Gasteiger partial charge >= 0.3 is 0 Å². The number of ether oxygens (including phenoxy) is 2. The molecule has 0 aliphatic heterocycles. The molecule has 0 unspecified atom stereocenters. The number of rotatable bonds is 8. The van der Waals surface area contributed by atoms with Gasteiger partial charge in [-0.05, 0) is 69.2 Å². The van der Waals surface area contributed by atoms with Crippen LogP contribution in [0.25, 0.3) is 0 Å². The van der Waals surface area contributed by atoms with Crippen LogP contribution in [0, 0.1) is 12.3 Å². The summed E-state index contributed by atoms with van der Waals surface area (Å²) in [6.45, 7) is 24.0. The van der Waals surface area contributed by atoms with Crippen LogP contribution in [-0.2, 0) is 14.3 Å². The Morgan fingerprint density at radius 3 is 1.92 bits per heavy atom. The average molecular weight is 356 g/mol. The summed E-state index contributed by atoms with van der Waals surface area (Å²) in [6.07, 6.45) is 5.12. The van der Waals surface area contributed by atoms with Crippen LogP contribution in [0.2, 0.25) is 0 Å². The predicted octanol–water partition coefficient (Wildman–Crippen LogP) is 4.73. The molecule has 0 saturated heterocycles. The largest absolute Gasteiger partial charge is 0.372 e. The Morgan fingerprint density at radius 1 is 1.20 bits per heavy atom. The van der Waals surface area contributed by atoms with Gasteiger partial charge in [-0.3, -0.25) is 4.79 Å². The van der Waals surface area contributed by atoms with E-state index in [2.05, 4.69) is 24.2 Å². The second-order valence-corrected chi connectivity index (χ2v) is 7.60. The topological polar surface area (TPSA) is 47.6 Å². The molecule has 0 aromatic heterocycles. The molecule has 0 atom stereocenters. The van der Waals surface area contributed by atoms with Crippen LogP contribution in [0.3, 0.4) is 0 Å². The monoisotopic (exact) mass is 355 g/mol. The summed E-state index contributed by atoms with van der Waals surface area (Å²) >= 11 is 0. The van der Waals surface area contributed by atoms with Crippen molar-refractivity contribution in [3.8, 4) is 12.3 Å². The first kappa shape index (κ1) is 28.5. The van der Waals surface area contributed by atoms with E-state index in [9.17, 15) is 4.79 Å². The van der Waals surface area contributed by atoms with Gasteiger partial charge < -0.3 is 14.8 Å². The standard InChI is InChI=1S/C14H29NO3.C4H8.C3H4/c1-8-15-12(16)9-13(4,5)17-10-14(6,7)18-11(2)3;1-4(2)3;1-3-2/h11H,8-10H2,1-7H3,(H,15,16);1H2,2-3H3;1H,2H3. The van der Waals surface area contributed by atoms with Gasteiger partial charge in [-0.25, -0.2) is 0 Å². The van der Waals surface area contributed by atoms with Crippen molar-refractivity contribution < 1.29 is 14.3 Å². The number of hydrogen-bond donors (Lipinski definition) is 1. The van der Waals surface area contributed by atoms with E-state index in [0.717, 1.165) is 0 Å². The normalized spacial score (nSPS) is 10.6. The molecule has 0 aliphatic carbocycles. The molecule has 25 heavy (non-hydrogen) atoms. The van der Waals surface area contributed by atoms with Gasteiger partial charge in [0.2, 0.25) is 5.91 Å². The molecule has 0 spiro atoms. The second kappa shape index (κ2) is 15.0. The molecule has 0 aliphatic rings. The van der Waals surface area contributed by atoms with Crippen molar-refractivity contribution in [2.24, 2.45) is 0 Å². The lowest BCUT2D eigenvalue weighted by Crippen LogP contribution is -2.40. The molecule has 0 aromatic rings. The molecule has 0 aromatic carbocycles. The SMILES string of the molecule is C#CC.C=C(C)C.CCNC(=O)CC(C)(C)OCC(C)(C)OC(C)C. The molecule has 1 amide bonds. The third kappa shape index (κ3) is 27.8. The maximum absolute atomic E-state index is 11.5. The summed E-state index contributed by atoms with van der Waals surface area (Å²) in [5.41, 5.74) is 0.351. The Bertz CT molecular complexity index is 400. The fourth-order valence-electron chi connectivity index (χ4n) is 1.74. The number of terminal acetylenes is 1. The van der Waals surface area contributed by atoms with Gasteiger partial charge in [-0.2, -0.15) is 0 Å². The van der Waals surface area contributed by atoms with E-state index in [1.165, 1.54) is 5.57 Å². The molecule has 0 bridgehead atoms. The summed E-state index contributed by atoms with van der Waals surface area (Å²) in [4.78, 5) is 11.5. The number of allylic oxidation sites excluding steroid dienone is 1. The van der Waals surface area contributed by atoms with E-state index >= 15 is 0 Å². The van der Waals surface area contributed by atoms with Crippen molar-refractivity contribution in [2.75, 3.05) is 13.2 Å². The van der Waals surface area contributed by atoms with Crippen molar-refractivity contribution in [1.82, 2.24) is 5.32 Å². The highest BCUT2D eigenvalue weighted by Gasteiger charge is 2.28. The molecule has 1 N–H and O–H groups in total. The number of carbonyl (C=O) groups is 1. The first-order chi connectivity index (χ1) is 11.2. The minimum atomic E-state index is -0.475. The zero-order valence-electron chi connectivity index (χ0n) is 18.2. The predicted molar refractivity (Wildman–Crippen MR) is 109 cm³/mol. The van der Waals surface area contributed by atoms with Gasteiger partial charge in [0.1, 0.15) is 0 Å². The zero-order chi connectivity index (χ0) is 20.7. The third-order valence-electron chi connectivity index (χ3n) is 2.33. The van der Waals surface area contributed by atoms with Gasteiger partial charge in [0.15, 0.2) is 0 Å². The maximum Gasteiger partial charge on any atom is 0.222 e. The van der Waals surface area contributed by atoms with Gasteiger partial charge in [0, 0.05) is 6.54 Å². The van der Waals surface area contributed by atoms with E-state index in [0.29, 0.717) is 19.6 Å².